The molecule has 0 aromatic rings. The molecule has 14 atom stereocenters. The van der Waals surface area contributed by atoms with Crippen molar-refractivity contribution in [2.24, 2.45) is 0 Å². The second-order valence-corrected chi connectivity index (χ2v) is 21.5. The van der Waals surface area contributed by atoms with Gasteiger partial charge in [-0.3, -0.25) is 9.59 Å². The van der Waals surface area contributed by atoms with Gasteiger partial charge in [0.2, 0.25) is 0 Å². The van der Waals surface area contributed by atoms with Crippen molar-refractivity contribution in [3.05, 3.63) is 0 Å². The summed E-state index contributed by atoms with van der Waals surface area (Å²) in [5, 5.41) is 0. The summed E-state index contributed by atoms with van der Waals surface area (Å²) in [6.45, 7) is 21.0. The van der Waals surface area contributed by atoms with E-state index in [-0.39, 0.29) is 59.8 Å². The van der Waals surface area contributed by atoms with Crippen molar-refractivity contribution in [3.63, 3.8) is 0 Å². The summed E-state index contributed by atoms with van der Waals surface area (Å²) in [7, 11) is 0. The highest BCUT2D eigenvalue weighted by Crippen LogP contribution is 2.61. The highest BCUT2D eigenvalue weighted by molar-refractivity contribution is 5.72. The maximum absolute atomic E-state index is 11.7. The molecule has 10 saturated heterocycles. The first-order valence-corrected chi connectivity index (χ1v) is 21.9. The molecule has 12 heteroatoms. The normalized spacial score (nSPS) is 55.2. The zero-order valence-corrected chi connectivity index (χ0v) is 35.7. The third kappa shape index (κ3) is 6.02. The van der Waals surface area contributed by atoms with Crippen molar-refractivity contribution in [2.75, 3.05) is 0 Å². The number of fused-ring (bicyclic) bond motifs is 6. The summed E-state index contributed by atoms with van der Waals surface area (Å²) >= 11 is 0. The Morgan fingerprint density at radius 1 is 0.393 bits per heavy atom. The fraction of sp³-hybridized carbons (Fsp3) is 0.955. The molecule has 0 amide bonds. The van der Waals surface area contributed by atoms with Crippen LogP contribution in [0.3, 0.4) is 0 Å². The van der Waals surface area contributed by atoms with E-state index in [1.807, 2.05) is 13.8 Å². The molecule has 10 aliphatic rings. The van der Waals surface area contributed by atoms with Crippen molar-refractivity contribution < 1.29 is 57.0 Å². The van der Waals surface area contributed by atoms with Crippen LogP contribution in [0.5, 0.6) is 0 Å². The second kappa shape index (κ2) is 12.6. The van der Waals surface area contributed by atoms with Gasteiger partial charge < -0.3 is 47.4 Å². The number of esters is 2. The van der Waals surface area contributed by atoms with Crippen LogP contribution >= 0.6 is 0 Å². The Balaban J connectivity index is 0.000000146. The molecule has 0 unspecified atom stereocenters. The van der Waals surface area contributed by atoms with Gasteiger partial charge in [-0.05, 0) is 146 Å². The van der Waals surface area contributed by atoms with Gasteiger partial charge in [-0.1, -0.05) is 0 Å². The third-order valence-corrected chi connectivity index (χ3v) is 16.4. The number of rotatable bonds is 4. The summed E-state index contributed by atoms with van der Waals surface area (Å²) in [5.74, 6) is -1.67. The van der Waals surface area contributed by atoms with Gasteiger partial charge in [0, 0.05) is 25.7 Å². The Morgan fingerprint density at radius 3 is 1.09 bits per heavy atom. The van der Waals surface area contributed by atoms with Crippen molar-refractivity contribution in [3.8, 4) is 0 Å². The van der Waals surface area contributed by atoms with Gasteiger partial charge in [0.15, 0.2) is 11.6 Å². The minimum Gasteiger partial charge on any atom is -0.457 e. The summed E-state index contributed by atoms with van der Waals surface area (Å²) in [4.78, 5) is 23.3. The number of carbonyl (C=O) groups is 2. The van der Waals surface area contributed by atoms with Gasteiger partial charge >= 0.3 is 11.9 Å². The maximum atomic E-state index is 11.7. The average molecular weight is 789 g/mol. The zero-order valence-electron chi connectivity index (χ0n) is 35.7. The number of hydrogen-bond donors (Lipinski definition) is 0. The number of ether oxygens (including phenoxy) is 10. The van der Waals surface area contributed by atoms with Gasteiger partial charge in [0.05, 0.1) is 59.0 Å². The highest BCUT2D eigenvalue weighted by atomic mass is 16.8. The summed E-state index contributed by atoms with van der Waals surface area (Å²) in [6, 6.07) is 0. The van der Waals surface area contributed by atoms with Gasteiger partial charge in [0.25, 0.3) is 0 Å². The van der Waals surface area contributed by atoms with Gasteiger partial charge in [0.1, 0.15) is 22.4 Å². The lowest BCUT2D eigenvalue weighted by atomic mass is 9.87. The van der Waals surface area contributed by atoms with Crippen LogP contribution in [-0.2, 0) is 57.0 Å². The van der Waals surface area contributed by atoms with E-state index in [1.165, 1.54) is 0 Å². The Morgan fingerprint density at radius 2 is 0.750 bits per heavy atom. The first-order chi connectivity index (χ1) is 26.0. The predicted molar refractivity (Wildman–Crippen MR) is 202 cm³/mol. The van der Waals surface area contributed by atoms with Crippen molar-refractivity contribution in [1.29, 1.82) is 0 Å². The van der Waals surface area contributed by atoms with Crippen LogP contribution in [0, 0.1) is 0 Å². The van der Waals surface area contributed by atoms with E-state index in [2.05, 4.69) is 55.4 Å². The predicted octanol–water partition coefficient (Wildman–Crippen LogP) is 7.28. The number of cyclic esters (lactones) is 2. The molecule has 0 aromatic heterocycles. The second-order valence-electron chi connectivity index (χ2n) is 21.5. The lowest BCUT2D eigenvalue weighted by Gasteiger charge is -2.53. The lowest BCUT2D eigenvalue weighted by Crippen LogP contribution is -2.64. The van der Waals surface area contributed by atoms with Crippen LogP contribution in [0.2, 0.25) is 0 Å². The fourth-order valence-corrected chi connectivity index (χ4v) is 12.5. The largest absolute Gasteiger partial charge is 0.457 e. The van der Waals surface area contributed by atoms with Crippen LogP contribution in [0.4, 0.5) is 0 Å². The monoisotopic (exact) mass is 788 g/mol. The molecule has 10 aliphatic heterocycles. The van der Waals surface area contributed by atoms with Crippen LogP contribution in [0.15, 0.2) is 0 Å². The van der Waals surface area contributed by atoms with E-state index in [1.54, 1.807) is 0 Å². The van der Waals surface area contributed by atoms with E-state index < -0.39 is 45.2 Å². The summed E-state index contributed by atoms with van der Waals surface area (Å²) in [6.07, 6.45) is 13.4. The minimum absolute atomic E-state index is 0.0255. The molecular weight excluding hydrogens is 720 g/mol. The van der Waals surface area contributed by atoms with Crippen molar-refractivity contribution >= 4 is 11.9 Å². The number of carbonyl (C=O) groups excluding carboxylic acids is 2. The molecule has 0 radical (unpaired) electrons. The highest BCUT2D eigenvalue weighted by Gasteiger charge is 2.71. The summed E-state index contributed by atoms with van der Waals surface area (Å²) in [5.41, 5.74) is -3.38. The molecule has 316 valence electrons. The molecular formula is C44H68O12. The van der Waals surface area contributed by atoms with E-state index in [9.17, 15) is 9.59 Å². The molecule has 10 fully saturated rings. The molecule has 0 saturated carbocycles. The molecule has 0 aromatic carbocycles. The van der Waals surface area contributed by atoms with Crippen LogP contribution < -0.4 is 0 Å². The van der Waals surface area contributed by atoms with Crippen molar-refractivity contribution in [2.45, 2.75) is 265 Å². The minimum atomic E-state index is -0.719. The van der Waals surface area contributed by atoms with Gasteiger partial charge in [-0.25, -0.2) is 0 Å². The first-order valence-electron chi connectivity index (χ1n) is 21.9. The standard InChI is InChI=1S/2C22H34O6/c2*1-18(2)14-8-11-21(5,25-14)22(27-18)13-12-20(4,28-22)16-7-6-15(24-16)19(3)10-9-17(23)26-19/h2*14-16H,6-13H2,1-5H3/t2*14-,15-,16+,19-,20+,21+,22+/m00/s1. The number of hydrogen-bond acceptors (Lipinski definition) is 12. The fourth-order valence-electron chi connectivity index (χ4n) is 12.5. The Kier molecular flexibility index (Phi) is 9.00. The lowest BCUT2D eigenvalue weighted by molar-refractivity contribution is -0.407. The maximum Gasteiger partial charge on any atom is 0.306 e. The van der Waals surface area contributed by atoms with E-state index in [0.29, 0.717) is 12.8 Å². The molecule has 0 aliphatic carbocycles. The average Bonchev–Trinajstić information content (AvgIpc) is 3.94. The Labute approximate surface area is 333 Å². The van der Waals surface area contributed by atoms with Crippen molar-refractivity contribution in [1.82, 2.24) is 0 Å². The quantitative estimate of drug-likeness (QED) is 0.266. The topological polar surface area (TPSA) is 126 Å². The molecule has 0 N–H and O–H groups in total. The molecule has 56 heavy (non-hydrogen) atoms. The molecule has 2 spiro atoms. The SMILES string of the molecule is CC1(C)O[C@@]2(CC[C@](C)([C@H]3CC[C@@H]([C@]4(C)CCC(=O)O4)O3)O2)[C@@]2(C)CC[C@@H]1O2.CC1(C)O[C@@]2(CC[C@](C)([C@H]3CC[C@@H]([C@]4(C)CCC(=O)O4)O3)O2)[C@@]2(C)CC[C@@H]1O2. The van der Waals surface area contributed by atoms with E-state index >= 15 is 0 Å². The van der Waals surface area contributed by atoms with Crippen LogP contribution in [0.1, 0.15) is 172 Å². The molecule has 4 bridgehead atoms. The Bertz CT molecular complexity index is 1500. The molecule has 12 nitrogen and oxygen atoms in total. The van der Waals surface area contributed by atoms with Gasteiger partial charge in [-0.15, -0.1) is 0 Å². The van der Waals surface area contributed by atoms with E-state index in [0.717, 1.165) is 89.9 Å². The van der Waals surface area contributed by atoms with Gasteiger partial charge in [-0.2, -0.15) is 0 Å². The zero-order chi connectivity index (χ0) is 40.0. The smallest absolute Gasteiger partial charge is 0.306 e. The van der Waals surface area contributed by atoms with E-state index in [4.69, 9.17) is 47.4 Å². The summed E-state index contributed by atoms with van der Waals surface area (Å²) < 4.78 is 64.1. The van der Waals surface area contributed by atoms with Crippen LogP contribution in [0.25, 0.3) is 0 Å². The van der Waals surface area contributed by atoms with Crippen LogP contribution in [-0.4, -0.2) is 105 Å². The third-order valence-electron chi connectivity index (χ3n) is 16.4. The molecule has 10 rings (SSSR count). The Hall–Kier alpha value is -1.38. The molecule has 10 heterocycles. The first kappa shape index (κ1) is 40.0.